The van der Waals surface area contributed by atoms with Gasteiger partial charge in [-0.3, -0.25) is 4.79 Å². The van der Waals surface area contributed by atoms with Crippen molar-refractivity contribution in [3.63, 3.8) is 0 Å². The Morgan fingerprint density at radius 1 is 1.00 bits per heavy atom. The minimum atomic E-state index is -0.931. The summed E-state index contributed by atoms with van der Waals surface area (Å²) in [7, 11) is 2.74. The fourth-order valence-corrected chi connectivity index (χ4v) is 1.82. The molecule has 0 unspecified atom stereocenters. The molecule has 5 heteroatoms. The highest BCUT2D eigenvalue weighted by atomic mass is 16.5. The van der Waals surface area contributed by atoms with Crippen molar-refractivity contribution in [1.82, 2.24) is 0 Å². The van der Waals surface area contributed by atoms with Crippen LogP contribution in [0.1, 0.15) is 0 Å². The van der Waals surface area contributed by atoms with Gasteiger partial charge in [0.05, 0.1) is 14.2 Å². The lowest BCUT2D eigenvalue weighted by Gasteiger charge is -2.10. The molecule has 0 aliphatic heterocycles. The van der Waals surface area contributed by atoms with E-state index in [1.165, 1.54) is 0 Å². The number of hydrogen-bond donors (Lipinski definition) is 1. The Morgan fingerprint density at radius 2 is 1.68 bits per heavy atom. The van der Waals surface area contributed by atoms with Gasteiger partial charge in [0.2, 0.25) is 0 Å². The minimum Gasteiger partial charge on any atom is -0.496 e. The number of carbonyl (C=O) groups is 2. The van der Waals surface area contributed by atoms with Gasteiger partial charge >= 0.3 is 11.9 Å². The lowest BCUT2D eigenvalue weighted by molar-refractivity contribution is -0.150. The van der Waals surface area contributed by atoms with E-state index in [0.717, 1.165) is 17.9 Å². The van der Waals surface area contributed by atoms with Crippen LogP contribution in [0, 0.1) is 0 Å². The van der Waals surface area contributed by atoms with Crippen LogP contribution in [0.4, 0.5) is 5.69 Å². The number of amides is 1. The maximum atomic E-state index is 11.5. The molecule has 0 fully saturated rings. The summed E-state index contributed by atoms with van der Waals surface area (Å²) in [4.78, 5) is 22.6. The minimum absolute atomic E-state index is 0.534. The third-order valence-corrected chi connectivity index (χ3v) is 2.72. The van der Waals surface area contributed by atoms with Crippen molar-refractivity contribution >= 4 is 28.3 Å². The van der Waals surface area contributed by atoms with Gasteiger partial charge in [-0.25, -0.2) is 4.79 Å². The van der Waals surface area contributed by atoms with Crippen molar-refractivity contribution in [2.24, 2.45) is 0 Å². The number of hydrogen-bond acceptors (Lipinski definition) is 4. The van der Waals surface area contributed by atoms with E-state index in [-0.39, 0.29) is 0 Å². The maximum Gasteiger partial charge on any atom is 0.396 e. The molecule has 98 valence electrons. The van der Waals surface area contributed by atoms with Crippen LogP contribution in [-0.2, 0) is 14.3 Å². The highest BCUT2D eigenvalue weighted by molar-refractivity contribution is 6.38. The summed E-state index contributed by atoms with van der Waals surface area (Å²) in [5.74, 6) is -1.04. The van der Waals surface area contributed by atoms with E-state index < -0.39 is 11.9 Å². The second-order valence-electron chi connectivity index (χ2n) is 3.81. The molecule has 2 rings (SSSR count). The molecule has 0 saturated heterocycles. The molecule has 0 atom stereocenters. The zero-order valence-electron chi connectivity index (χ0n) is 10.6. The third-order valence-electron chi connectivity index (χ3n) is 2.72. The van der Waals surface area contributed by atoms with Crippen molar-refractivity contribution in [2.45, 2.75) is 0 Å². The Kier molecular flexibility index (Phi) is 3.66. The number of fused-ring (bicyclic) bond motifs is 1. The second-order valence-corrected chi connectivity index (χ2v) is 3.81. The Morgan fingerprint density at radius 3 is 2.32 bits per heavy atom. The van der Waals surface area contributed by atoms with E-state index in [1.807, 2.05) is 24.3 Å². The molecular formula is C14H13NO4. The molecule has 0 heterocycles. The van der Waals surface area contributed by atoms with E-state index in [1.54, 1.807) is 19.2 Å². The van der Waals surface area contributed by atoms with Crippen LogP contribution in [0.3, 0.4) is 0 Å². The number of anilines is 1. The SMILES string of the molecule is COC(=O)C(=O)Nc1ccc(OC)c2ccccc12. The summed E-state index contributed by atoms with van der Waals surface area (Å²) in [5, 5.41) is 4.16. The molecule has 19 heavy (non-hydrogen) atoms. The molecule has 2 aromatic carbocycles. The summed E-state index contributed by atoms with van der Waals surface area (Å²) in [5.41, 5.74) is 0.534. The second kappa shape index (κ2) is 5.39. The van der Waals surface area contributed by atoms with Crippen molar-refractivity contribution in [1.29, 1.82) is 0 Å². The molecule has 5 nitrogen and oxygen atoms in total. The Hall–Kier alpha value is -2.56. The average Bonchev–Trinajstić information content (AvgIpc) is 2.46. The predicted octanol–water partition coefficient (Wildman–Crippen LogP) is 1.96. The van der Waals surface area contributed by atoms with E-state index >= 15 is 0 Å². The van der Waals surface area contributed by atoms with Crippen molar-refractivity contribution < 1.29 is 19.1 Å². The average molecular weight is 259 g/mol. The lowest BCUT2D eigenvalue weighted by Crippen LogP contribution is -2.23. The van der Waals surface area contributed by atoms with Gasteiger partial charge in [-0.05, 0) is 12.1 Å². The van der Waals surface area contributed by atoms with Gasteiger partial charge in [-0.15, -0.1) is 0 Å². The molecule has 0 bridgehead atoms. The van der Waals surface area contributed by atoms with Crippen molar-refractivity contribution in [3.05, 3.63) is 36.4 Å². The number of methoxy groups -OCH3 is 2. The van der Waals surface area contributed by atoms with Crippen LogP contribution in [0.2, 0.25) is 0 Å². The summed E-state index contributed by atoms with van der Waals surface area (Å²) in [6.07, 6.45) is 0. The van der Waals surface area contributed by atoms with E-state index in [0.29, 0.717) is 11.4 Å². The summed E-state index contributed by atoms with van der Waals surface area (Å²) < 4.78 is 9.62. The van der Waals surface area contributed by atoms with Crippen LogP contribution < -0.4 is 10.1 Å². The fourth-order valence-electron chi connectivity index (χ4n) is 1.82. The molecule has 0 aromatic heterocycles. The van der Waals surface area contributed by atoms with Gasteiger partial charge in [0.25, 0.3) is 0 Å². The van der Waals surface area contributed by atoms with Gasteiger partial charge in [0.15, 0.2) is 0 Å². The standard InChI is InChI=1S/C14H13NO4/c1-18-12-8-7-11(15-13(16)14(17)19-2)9-5-3-4-6-10(9)12/h3-8H,1-2H3,(H,15,16). The zero-order valence-corrected chi connectivity index (χ0v) is 10.6. The Labute approximate surface area is 110 Å². The van der Waals surface area contributed by atoms with Gasteiger partial charge in [0, 0.05) is 16.5 Å². The Balaban J connectivity index is 2.45. The number of nitrogens with one attached hydrogen (secondary N) is 1. The lowest BCUT2D eigenvalue weighted by atomic mass is 10.1. The molecular weight excluding hydrogens is 246 g/mol. The maximum absolute atomic E-state index is 11.5. The smallest absolute Gasteiger partial charge is 0.396 e. The first-order chi connectivity index (χ1) is 9.17. The van der Waals surface area contributed by atoms with Gasteiger partial charge in [0.1, 0.15) is 5.75 Å². The quantitative estimate of drug-likeness (QED) is 0.661. The molecule has 2 aromatic rings. The number of ether oxygens (including phenoxy) is 2. The summed E-state index contributed by atoms with van der Waals surface area (Å²) in [6, 6.07) is 10.8. The van der Waals surface area contributed by atoms with Crippen LogP contribution in [-0.4, -0.2) is 26.1 Å². The third kappa shape index (κ3) is 2.49. The first-order valence-electron chi connectivity index (χ1n) is 5.62. The number of rotatable bonds is 2. The fraction of sp³-hybridized carbons (Fsp3) is 0.143. The first kappa shape index (κ1) is 12.9. The number of carbonyl (C=O) groups excluding carboxylic acids is 2. The van der Waals surface area contributed by atoms with Crippen LogP contribution in [0.15, 0.2) is 36.4 Å². The zero-order chi connectivity index (χ0) is 13.8. The summed E-state index contributed by atoms with van der Waals surface area (Å²) >= 11 is 0. The summed E-state index contributed by atoms with van der Waals surface area (Å²) in [6.45, 7) is 0. The van der Waals surface area contributed by atoms with Crippen molar-refractivity contribution in [3.8, 4) is 5.75 Å². The highest BCUT2D eigenvalue weighted by Gasteiger charge is 2.15. The molecule has 0 saturated carbocycles. The van der Waals surface area contributed by atoms with Crippen LogP contribution in [0.5, 0.6) is 5.75 Å². The van der Waals surface area contributed by atoms with Gasteiger partial charge < -0.3 is 14.8 Å². The normalized spacial score (nSPS) is 10.0. The van der Waals surface area contributed by atoms with Gasteiger partial charge in [-0.1, -0.05) is 24.3 Å². The Bertz CT molecular complexity index is 636. The van der Waals surface area contributed by atoms with Gasteiger partial charge in [-0.2, -0.15) is 0 Å². The largest absolute Gasteiger partial charge is 0.496 e. The van der Waals surface area contributed by atoms with Crippen LogP contribution >= 0.6 is 0 Å². The van der Waals surface area contributed by atoms with E-state index in [2.05, 4.69) is 10.1 Å². The first-order valence-corrected chi connectivity index (χ1v) is 5.62. The molecule has 0 aliphatic rings. The van der Waals surface area contributed by atoms with E-state index in [4.69, 9.17) is 4.74 Å². The predicted molar refractivity (Wildman–Crippen MR) is 71.1 cm³/mol. The van der Waals surface area contributed by atoms with E-state index in [9.17, 15) is 9.59 Å². The molecule has 0 aliphatic carbocycles. The molecule has 0 radical (unpaired) electrons. The highest BCUT2D eigenvalue weighted by Crippen LogP contribution is 2.31. The topological polar surface area (TPSA) is 64.6 Å². The van der Waals surface area contributed by atoms with Crippen molar-refractivity contribution in [2.75, 3.05) is 19.5 Å². The monoisotopic (exact) mass is 259 g/mol. The van der Waals surface area contributed by atoms with Crippen LogP contribution in [0.25, 0.3) is 10.8 Å². The number of benzene rings is 2. The molecule has 1 amide bonds. The molecule has 0 spiro atoms. The molecule has 1 N–H and O–H groups in total. The number of esters is 1.